The van der Waals surface area contributed by atoms with Gasteiger partial charge in [0.2, 0.25) is 0 Å². The molecule has 0 spiro atoms. The van der Waals surface area contributed by atoms with Gasteiger partial charge < -0.3 is 15.6 Å². The van der Waals surface area contributed by atoms with E-state index in [9.17, 15) is 4.79 Å². The van der Waals surface area contributed by atoms with Crippen LogP contribution in [0.1, 0.15) is 31.2 Å². The first-order chi connectivity index (χ1) is 8.58. The van der Waals surface area contributed by atoms with E-state index in [-0.39, 0.29) is 0 Å². The number of carboxylic acid groups (broad SMARTS) is 1. The summed E-state index contributed by atoms with van der Waals surface area (Å²) in [7, 11) is 0. The van der Waals surface area contributed by atoms with Crippen molar-refractivity contribution in [2.24, 2.45) is 5.73 Å². The molecule has 1 unspecified atom stereocenters. The molecule has 18 heavy (non-hydrogen) atoms. The first-order valence-electron chi connectivity index (χ1n) is 6.14. The second-order valence-corrected chi connectivity index (χ2v) is 4.17. The number of hydrogen-bond donors (Lipinski definition) is 2. The van der Waals surface area contributed by atoms with Gasteiger partial charge in [-0.3, -0.25) is 4.98 Å². The molecule has 100 valence electrons. The van der Waals surface area contributed by atoms with E-state index in [0.29, 0.717) is 25.1 Å². The number of nitrogens with two attached hydrogens (primary N) is 1. The molecule has 1 aromatic heterocycles. The van der Waals surface area contributed by atoms with Crippen molar-refractivity contribution in [3.05, 3.63) is 23.5 Å². The fraction of sp³-hybridized carbons (Fsp3) is 0.538. The predicted molar refractivity (Wildman–Crippen MR) is 68.7 cm³/mol. The standard InChI is InChI=1S/C13H20N2O3/c1-3-4-12(13(16)17)18-11-6-5-9(2)15-10(11)7-8-14/h5-6,12H,3-4,7-8,14H2,1-2H3,(H,16,17). The van der Waals surface area contributed by atoms with Crippen molar-refractivity contribution in [3.63, 3.8) is 0 Å². The number of carbonyl (C=O) groups is 1. The van der Waals surface area contributed by atoms with E-state index < -0.39 is 12.1 Å². The van der Waals surface area contributed by atoms with Gasteiger partial charge in [0.15, 0.2) is 6.10 Å². The second-order valence-electron chi connectivity index (χ2n) is 4.17. The summed E-state index contributed by atoms with van der Waals surface area (Å²) < 4.78 is 5.54. The number of carboxylic acids is 1. The lowest BCUT2D eigenvalue weighted by Gasteiger charge is -2.16. The van der Waals surface area contributed by atoms with Gasteiger partial charge in [0.1, 0.15) is 5.75 Å². The van der Waals surface area contributed by atoms with Crippen LogP contribution in [0.5, 0.6) is 5.75 Å². The molecule has 0 aliphatic rings. The van der Waals surface area contributed by atoms with Crippen molar-refractivity contribution in [1.29, 1.82) is 0 Å². The zero-order chi connectivity index (χ0) is 13.5. The molecule has 0 amide bonds. The van der Waals surface area contributed by atoms with Crippen LogP contribution in [0.3, 0.4) is 0 Å². The van der Waals surface area contributed by atoms with Crippen LogP contribution in [0.4, 0.5) is 0 Å². The molecule has 1 heterocycles. The van der Waals surface area contributed by atoms with Gasteiger partial charge in [-0.2, -0.15) is 0 Å². The molecular formula is C13H20N2O3. The molecule has 1 aromatic rings. The smallest absolute Gasteiger partial charge is 0.344 e. The number of nitrogens with zero attached hydrogens (tertiary/aromatic N) is 1. The molecular weight excluding hydrogens is 232 g/mol. The average Bonchev–Trinajstić information content (AvgIpc) is 2.31. The highest BCUT2D eigenvalue weighted by Crippen LogP contribution is 2.20. The Balaban J connectivity index is 2.90. The van der Waals surface area contributed by atoms with E-state index in [1.807, 2.05) is 13.8 Å². The molecule has 0 bridgehead atoms. The van der Waals surface area contributed by atoms with Crippen molar-refractivity contribution in [1.82, 2.24) is 4.98 Å². The first-order valence-corrected chi connectivity index (χ1v) is 6.14. The topological polar surface area (TPSA) is 85.4 Å². The Hall–Kier alpha value is -1.62. The quantitative estimate of drug-likeness (QED) is 0.768. The summed E-state index contributed by atoms with van der Waals surface area (Å²) in [6.45, 7) is 4.26. The van der Waals surface area contributed by atoms with Crippen molar-refractivity contribution in [2.45, 2.75) is 39.2 Å². The molecule has 0 saturated heterocycles. The fourth-order valence-corrected chi connectivity index (χ4v) is 1.67. The zero-order valence-electron chi connectivity index (χ0n) is 10.8. The molecule has 5 heteroatoms. The lowest BCUT2D eigenvalue weighted by atomic mass is 10.2. The van der Waals surface area contributed by atoms with Crippen molar-refractivity contribution >= 4 is 5.97 Å². The SMILES string of the molecule is CCCC(Oc1ccc(C)nc1CCN)C(=O)O. The van der Waals surface area contributed by atoms with Crippen LogP contribution >= 0.6 is 0 Å². The maximum Gasteiger partial charge on any atom is 0.344 e. The van der Waals surface area contributed by atoms with E-state index >= 15 is 0 Å². The molecule has 1 atom stereocenters. The first kappa shape index (κ1) is 14.4. The highest BCUT2D eigenvalue weighted by atomic mass is 16.5. The van der Waals surface area contributed by atoms with E-state index in [1.54, 1.807) is 12.1 Å². The largest absolute Gasteiger partial charge is 0.479 e. The molecule has 0 saturated carbocycles. The van der Waals surface area contributed by atoms with Crippen LogP contribution < -0.4 is 10.5 Å². The summed E-state index contributed by atoms with van der Waals surface area (Å²) in [5, 5.41) is 9.07. The molecule has 5 nitrogen and oxygen atoms in total. The van der Waals surface area contributed by atoms with Crippen LogP contribution in [0.25, 0.3) is 0 Å². The molecule has 0 aromatic carbocycles. The molecule has 0 aliphatic carbocycles. The van der Waals surface area contributed by atoms with Gasteiger partial charge in [0, 0.05) is 12.1 Å². The maximum absolute atomic E-state index is 11.1. The average molecular weight is 252 g/mol. The van der Waals surface area contributed by atoms with Gasteiger partial charge in [-0.15, -0.1) is 0 Å². The third-order valence-corrected chi connectivity index (χ3v) is 2.55. The summed E-state index contributed by atoms with van der Waals surface area (Å²) in [5.41, 5.74) is 7.11. The summed E-state index contributed by atoms with van der Waals surface area (Å²) in [5.74, 6) is -0.428. The lowest BCUT2D eigenvalue weighted by molar-refractivity contribution is -0.145. The van der Waals surface area contributed by atoms with Gasteiger partial charge in [-0.25, -0.2) is 4.79 Å². The third-order valence-electron chi connectivity index (χ3n) is 2.55. The Morgan fingerprint density at radius 1 is 1.56 bits per heavy atom. The lowest BCUT2D eigenvalue weighted by Crippen LogP contribution is -2.27. The number of rotatable bonds is 7. The van der Waals surface area contributed by atoms with Gasteiger partial charge in [0.25, 0.3) is 0 Å². The number of pyridine rings is 1. The number of ether oxygens (including phenoxy) is 1. The van der Waals surface area contributed by atoms with Crippen LogP contribution in [0.2, 0.25) is 0 Å². The Bertz CT molecular complexity index is 407. The third kappa shape index (κ3) is 4.00. The summed E-state index contributed by atoms with van der Waals surface area (Å²) in [6, 6.07) is 3.57. The summed E-state index contributed by atoms with van der Waals surface area (Å²) in [6.07, 6.45) is 0.986. The number of aryl methyl sites for hydroxylation is 1. The second kappa shape index (κ2) is 6.96. The van der Waals surface area contributed by atoms with Crippen LogP contribution in [0.15, 0.2) is 12.1 Å². The predicted octanol–water partition coefficient (Wildman–Crippen LogP) is 1.52. The van der Waals surface area contributed by atoms with Crippen LogP contribution in [0, 0.1) is 6.92 Å². The van der Waals surface area contributed by atoms with Gasteiger partial charge in [-0.1, -0.05) is 13.3 Å². The highest BCUT2D eigenvalue weighted by Gasteiger charge is 2.19. The Morgan fingerprint density at radius 2 is 2.28 bits per heavy atom. The zero-order valence-corrected chi connectivity index (χ0v) is 10.8. The normalized spacial score (nSPS) is 12.2. The van der Waals surface area contributed by atoms with Crippen molar-refractivity contribution in [2.75, 3.05) is 6.54 Å². The number of aliphatic carboxylic acids is 1. The van der Waals surface area contributed by atoms with Gasteiger partial charge in [0.05, 0.1) is 5.69 Å². The molecule has 3 N–H and O–H groups in total. The van der Waals surface area contributed by atoms with E-state index in [0.717, 1.165) is 17.8 Å². The minimum absolute atomic E-state index is 0.457. The number of aromatic nitrogens is 1. The number of hydrogen-bond acceptors (Lipinski definition) is 4. The van der Waals surface area contributed by atoms with E-state index in [2.05, 4.69) is 4.98 Å². The van der Waals surface area contributed by atoms with E-state index in [1.165, 1.54) is 0 Å². The van der Waals surface area contributed by atoms with Crippen molar-refractivity contribution < 1.29 is 14.6 Å². The fourth-order valence-electron chi connectivity index (χ4n) is 1.67. The molecule has 1 rings (SSSR count). The van der Waals surface area contributed by atoms with Gasteiger partial charge >= 0.3 is 5.97 Å². The summed E-state index contributed by atoms with van der Waals surface area (Å²) >= 11 is 0. The maximum atomic E-state index is 11.1. The van der Waals surface area contributed by atoms with Crippen molar-refractivity contribution in [3.8, 4) is 5.75 Å². The summed E-state index contributed by atoms with van der Waals surface area (Å²) in [4.78, 5) is 15.4. The monoisotopic (exact) mass is 252 g/mol. The molecule has 0 fully saturated rings. The Labute approximate surface area is 107 Å². The molecule has 0 aliphatic heterocycles. The van der Waals surface area contributed by atoms with Crippen LogP contribution in [-0.2, 0) is 11.2 Å². The molecule has 0 radical (unpaired) electrons. The van der Waals surface area contributed by atoms with Gasteiger partial charge in [-0.05, 0) is 32.0 Å². The van der Waals surface area contributed by atoms with E-state index in [4.69, 9.17) is 15.6 Å². The Kier molecular flexibility index (Phi) is 5.58. The minimum Gasteiger partial charge on any atom is -0.479 e. The minimum atomic E-state index is -0.948. The van der Waals surface area contributed by atoms with Crippen LogP contribution in [-0.4, -0.2) is 28.7 Å². The highest BCUT2D eigenvalue weighted by molar-refractivity contribution is 5.72. The Morgan fingerprint density at radius 3 is 2.83 bits per heavy atom.